The van der Waals surface area contributed by atoms with Gasteiger partial charge in [-0.3, -0.25) is 4.79 Å². The van der Waals surface area contributed by atoms with Gasteiger partial charge in [0.2, 0.25) is 0 Å². The quantitative estimate of drug-likeness (QED) is 0.915. The molecule has 6 heteroatoms. The number of fused-ring (bicyclic) bond motifs is 1. The molecule has 1 aliphatic heterocycles. The second kappa shape index (κ2) is 5.49. The predicted molar refractivity (Wildman–Crippen MR) is 74.5 cm³/mol. The van der Waals surface area contributed by atoms with Crippen molar-refractivity contribution in [2.75, 3.05) is 7.11 Å². The van der Waals surface area contributed by atoms with Gasteiger partial charge in [-0.2, -0.15) is 0 Å². The van der Waals surface area contributed by atoms with Crippen LogP contribution in [0.2, 0.25) is 0 Å². The maximum Gasteiger partial charge on any atom is 0.258 e. The minimum Gasteiger partial charge on any atom is -0.496 e. The molecule has 0 bridgehead atoms. The molecule has 0 aliphatic carbocycles. The fourth-order valence-electron chi connectivity index (χ4n) is 2.43. The van der Waals surface area contributed by atoms with Crippen molar-refractivity contribution in [3.05, 3.63) is 53.1 Å². The van der Waals surface area contributed by atoms with E-state index < -0.39 is 0 Å². The number of amides is 1. The van der Waals surface area contributed by atoms with Crippen LogP contribution in [0.5, 0.6) is 5.75 Å². The van der Waals surface area contributed by atoms with Crippen LogP contribution < -0.4 is 4.74 Å². The summed E-state index contributed by atoms with van der Waals surface area (Å²) in [5.41, 5.74) is 3.04. The van der Waals surface area contributed by atoms with Crippen molar-refractivity contribution < 1.29 is 14.6 Å². The van der Waals surface area contributed by atoms with Crippen LogP contribution in [0.1, 0.15) is 27.2 Å². The molecule has 2 heterocycles. The first-order chi connectivity index (χ1) is 10.2. The van der Waals surface area contributed by atoms with Crippen molar-refractivity contribution in [2.45, 2.75) is 19.7 Å². The molecule has 21 heavy (non-hydrogen) atoms. The number of carbonyl (C=O) groups excluding carboxylic acids is 1. The van der Waals surface area contributed by atoms with Crippen LogP contribution >= 0.6 is 0 Å². The van der Waals surface area contributed by atoms with Gasteiger partial charge in [-0.25, -0.2) is 9.97 Å². The van der Waals surface area contributed by atoms with Crippen LogP contribution in [-0.4, -0.2) is 33.0 Å². The van der Waals surface area contributed by atoms with Crippen molar-refractivity contribution in [2.24, 2.45) is 0 Å². The zero-order valence-electron chi connectivity index (χ0n) is 11.6. The van der Waals surface area contributed by atoms with Gasteiger partial charge in [0.15, 0.2) is 0 Å². The molecule has 1 N–H and O–H groups in total. The van der Waals surface area contributed by atoms with Crippen LogP contribution in [-0.2, 0) is 19.7 Å². The molecule has 108 valence electrons. The first-order valence-electron chi connectivity index (χ1n) is 6.57. The van der Waals surface area contributed by atoms with Gasteiger partial charge in [0.25, 0.3) is 5.91 Å². The van der Waals surface area contributed by atoms with E-state index in [1.54, 1.807) is 29.3 Å². The molecule has 0 atom stereocenters. The van der Waals surface area contributed by atoms with Gasteiger partial charge >= 0.3 is 0 Å². The van der Waals surface area contributed by atoms with Crippen LogP contribution in [0, 0.1) is 0 Å². The summed E-state index contributed by atoms with van der Waals surface area (Å²) < 4.78 is 5.26. The van der Waals surface area contributed by atoms with Crippen molar-refractivity contribution in [3.63, 3.8) is 0 Å². The third kappa shape index (κ3) is 2.45. The summed E-state index contributed by atoms with van der Waals surface area (Å²) in [5.74, 6) is 0.350. The molecule has 0 fully saturated rings. The van der Waals surface area contributed by atoms with E-state index in [-0.39, 0.29) is 12.5 Å². The Bertz CT molecular complexity index is 663. The molecule has 1 amide bonds. The number of aromatic nitrogens is 2. The topological polar surface area (TPSA) is 75.6 Å². The second-order valence-corrected chi connectivity index (χ2v) is 4.85. The third-order valence-corrected chi connectivity index (χ3v) is 3.55. The number of hydrogen-bond donors (Lipinski definition) is 1. The van der Waals surface area contributed by atoms with E-state index in [2.05, 4.69) is 9.97 Å². The largest absolute Gasteiger partial charge is 0.496 e. The molecule has 0 saturated carbocycles. The highest BCUT2D eigenvalue weighted by Crippen LogP contribution is 2.26. The number of benzene rings is 1. The number of hydrogen-bond acceptors (Lipinski definition) is 5. The zero-order chi connectivity index (χ0) is 14.8. The van der Waals surface area contributed by atoms with Crippen LogP contribution in [0.4, 0.5) is 0 Å². The highest BCUT2D eigenvalue weighted by molar-refractivity contribution is 5.97. The van der Waals surface area contributed by atoms with E-state index in [1.165, 1.54) is 13.4 Å². The Hall–Kier alpha value is -2.47. The lowest BCUT2D eigenvalue weighted by atomic mass is 10.1. The molecular formula is C15H15N3O3. The Morgan fingerprint density at radius 3 is 3.00 bits per heavy atom. The number of aliphatic hydroxyl groups is 1. The molecule has 0 unspecified atom stereocenters. The van der Waals surface area contributed by atoms with E-state index in [0.29, 0.717) is 30.0 Å². The average Bonchev–Trinajstić information content (AvgIpc) is 2.97. The monoisotopic (exact) mass is 285 g/mol. The Morgan fingerprint density at radius 1 is 1.43 bits per heavy atom. The summed E-state index contributed by atoms with van der Waals surface area (Å²) in [6.45, 7) is 0.886. The van der Waals surface area contributed by atoms with Crippen LogP contribution in [0.3, 0.4) is 0 Å². The van der Waals surface area contributed by atoms with Crippen molar-refractivity contribution >= 4 is 5.91 Å². The fraction of sp³-hybridized carbons (Fsp3) is 0.267. The Kier molecular flexibility index (Phi) is 3.53. The lowest BCUT2D eigenvalue weighted by molar-refractivity contribution is 0.0747. The predicted octanol–water partition coefficient (Wildman–Crippen LogP) is 1.13. The number of carbonyl (C=O) groups is 1. The zero-order valence-corrected chi connectivity index (χ0v) is 11.6. The molecule has 0 radical (unpaired) electrons. The maximum absolute atomic E-state index is 12.6. The number of rotatable bonds is 3. The smallest absolute Gasteiger partial charge is 0.258 e. The minimum atomic E-state index is -0.116. The standard InChI is InChI=1S/C15H15N3O3/c1-21-14-4-10(8-19)2-3-12(14)15(20)18-6-11-5-16-9-17-13(11)7-18/h2-5,9,19H,6-8H2,1H3. The Labute approximate surface area is 122 Å². The van der Waals surface area contributed by atoms with E-state index in [9.17, 15) is 4.79 Å². The first kappa shape index (κ1) is 13.5. The minimum absolute atomic E-state index is 0.0877. The van der Waals surface area contributed by atoms with Gasteiger partial charge in [-0.15, -0.1) is 0 Å². The van der Waals surface area contributed by atoms with Gasteiger partial charge in [0.1, 0.15) is 12.1 Å². The van der Waals surface area contributed by atoms with E-state index in [0.717, 1.165) is 11.3 Å². The van der Waals surface area contributed by atoms with E-state index in [4.69, 9.17) is 9.84 Å². The van der Waals surface area contributed by atoms with Gasteiger partial charge in [-0.05, 0) is 17.7 Å². The lowest BCUT2D eigenvalue weighted by Gasteiger charge is -2.17. The Morgan fingerprint density at radius 2 is 2.29 bits per heavy atom. The second-order valence-electron chi connectivity index (χ2n) is 4.85. The molecular weight excluding hydrogens is 270 g/mol. The molecule has 0 saturated heterocycles. The van der Waals surface area contributed by atoms with Crippen molar-refractivity contribution in [3.8, 4) is 5.75 Å². The molecule has 2 aromatic rings. The number of aliphatic hydroxyl groups excluding tert-OH is 1. The molecule has 0 spiro atoms. The lowest BCUT2D eigenvalue weighted by Crippen LogP contribution is -2.25. The highest BCUT2D eigenvalue weighted by atomic mass is 16.5. The van der Waals surface area contributed by atoms with E-state index >= 15 is 0 Å². The maximum atomic E-state index is 12.6. The van der Waals surface area contributed by atoms with E-state index in [1.807, 2.05) is 0 Å². The van der Waals surface area contributed by atoms with Gasteiger partial charge in [0.05, 0.1) is 31.5 Å². The van der Waals surface area contributed by atoms with Crippen molar-refractivity contribution in [1.82, 2.24) is 14.9 Å². The normalized spacial score (nSPS) is 13.1. The fourth-order valence-corrected chi connectivity index (χ4v) is 2.43. The Balaban J connectivity index is 1.87. The first-order valence-corrected chi connectivity index (χ1v) is 6.57. The molecule has 1 aromatic heterocycles. The summed E-state index contributed by atoms with van der Waals surface area (Å²) in [6.07, 6.45) is 3.23. The number of ether oxygens (including phenoxy) is 1. The summed E-state index contributed by atoms with van der Waals surface area (Å²) in [4.78, 5) is 22.5. The van der Waals surface area contributed by atoms with Crippen molar-refractivity contribution in [1.29, 1.82) is 0 Å². The molecule has 3 rings (SSSR count). The average molecular weight is 285 g/mol. The highest BCUT2D eigenvalue weighted by Gasteiger charge is 2.27. The number of methoxy groups -OCH3 is 1. The molecule has 1 aromatic carbocycles. The number of nitrogens with zero attached hydrogens (tertiary/aromatic N) is 3. The van der Waals surface area contributed by atoms with Gasteiger partial charge in [0, 0.05) is 18.3 Å². The van der Waals surface area contributed by atoms with Gasteiger partial charge < -0.3 is 14.7 Å². The summed E-state index contributed by atoms with van der Waals surface area (Å²) >= 11 is 0. The molecule has 1 aliphatic rings. The van der Waals surface area contributed by atoms with Crippen LogP contribution in [0.15, 0.2) is 30.7 Å². The van der Waals surface area contributed by atoms with Gasteiger partial charge in [-0.1, -0.05) is 6.07 Å². The molecule has 6 nitrogen and oxygen atoms in total. The SMILES string of the molecule is COc1cc(CO)ccc1C(=O)N1Cc2cncnc2C1. The summed E-state index contributed by atoms with van der Waals surface area (Å²) in [7, 11) is 1.51. The van der Waals surface area contributed by atoms with Crippen LogP contribution in [0.25, 0.3) is 0 Å². The third-order valence-electron chi connectivity index (χ3n) is 3.55. The summed E-state index contributed by atoms with van der Waals surface area (Å²) in [6, 6.07) is 5.08. The summed E-state index contributed by atoms with van der Waals surface area (Å²) in [5, 5.41) is 9.15.